The Balaban J connectivity index is 1.40. The van der Waals surface area contributed by atoms with Crippen LogP contribution in [0.3, 0.4) is 0 Å². The maximum Gasteiger partial charge on any atom is 0.261 e. The molecule has 1 aliphatic rings. The van der Waals surface area contributed by atoms with Crippen LogP contribution in [0.1, 0.15) is 16.1 Å². The molecular weight excluding hydrogens is 339 g/mol. The fraction of sp³-hybridized carbons (Fsp3) is 0.222. The zero-order valence-corrected chi connectivity index (χ0v) is 14.2. The maximum atomic E-state index is 13.0. The molecule has 5 nitrogen and oxygen atoms in total. The van der Waals surface area contributed by atoms with Crippen LogP contribution in [0.15, 0.2) is 47.8 Å². The molecule has 0 spiro atoms. The summed E-state index contributed by atoms with van der Waals surface area (Å²) in [6, 6.07) is 12.1. The number of benzene rings is 1. The van der Waals surface area contributed by atoms with Gasteiger partial charge >= 0.3 is 0 Å². The predicted octanol–water partition coefficient (Wildman–Crippen LogP) is 3.29. The van der Waals surface area contributed by atoms with Crippen LogP contribution in [0.2, 0.25) is 0 Å². The number of H-pyrrole nitrogens is 1. The number of hydrogen-bond donors (Lipinski definition) is 2. The molecule has 1 fully saturated rings. The van der Waals surface area contributed by atoms with Gasteiger partial charge in [-0.15, -0.1) is 11.3 Å². The molecule has 1 atom stereocenters. The van der Waals surface area contributed by atoms with E-state index in [0.717, 1.165) is 41.5 Å². The van der Waals surface area contributed by atoms with E-state index in [1.54, 1.807) is 12.1 Å². The topological polar surface area (TPSA) is 61.0 Å². The minimum atomic E-state index is -0.257. The average Bonchev–Trinajstić information content (AvgIpc) is 3.36. The first kappa shape index (κ1) is 15.8. The molecule has 0 radical (unpaired) electrons. The second-order valence-corrected chi connectivity index (χ2v) is 6.98. The first-order chi connectivity index (χ1) is 12.2. The van der Waals surface area contributed by atoms with Crippen molar-refractivity contribution in [1.29, 1.82) is 0 Å². The largest absolute Gasteiger partial charge is 0.353 e. The number of amides is 1. The van der Waals surface area contributed by atoms with Crippen molar-refractivity contribution >= 4 is 23.1 Å². The Morgan fingerprint density at radius 1 is 1.32 bits per heavy atom. The molecule has 128 valence electrons. The van der Waals surface area contributed by atoms with Gasteiger partial charge in [0.2, 0.25) is 0 Å². The van der Waals surface area contributed by atoms with Crippen LogP contribution >= 0.6 is 11.3 Å². The van der Waals surface area contributed by atoms with Gasteiger partial charge in [-0.05, 0) is 47.7 Å². The highest BCUT2D eigenvalue weighted by molar-refractivity contribution is 7.12. The maximum absolute atomic E-state index is 13.0. The Labute approximate surface area is 148 Å². The first-order valence-electron chi connectivity index (χ1n) is 8.10. The van der Waals surface area contributed by atoms with Gasteiger partial charge in [-0.1, -0.05) is 6.07 Å². The third-order valence-corrected chi connectivity index (χ3v) is 5.18. The fourth-order valence-electron chi connectivity index (χ4n) is 3.00. The summed E-state index contributed by atoms with van der Waals surface area (Å²) >= 11 is 1.44. The summed E-state index contributed by atoms with van der Waals surface area (Å²) in [5.74, 6) is 0.565. The van der Waals surface area contributed by atoms with Crippen molar-refractivity contribution in [2.24, 2.45) is 0 Å². The van der Waals surface area contributed by atoms with Gasteiger partial charge in [0.05, 0.1) is 10.6 Å². The Kier molecular flexibility index (Phi) is 4.23. The molecule has 3 heterocycles. The summed E-state index contributed by atoms with van der Waals surface area (Å²) < 4.78 is 13.0. The van der Waals surface area contributed by atoms with E-state index < -0.39 is 0 Å². The normalized spacial score (nSPS) is 17.0. The van der Waals surface area contributed by atoms with Crippen LogP contribution in [0, 0.1) is 5.82 Å². The summed E-state index contributed by atoms with van der Waals surface area (Å²) in [5.41, 5.74) is 1.74. The van der Waals surface area contributed by atoms with Crippen molar-refractivity contribution in [3.63, 3.8) is 0 Å². The molecule has 0 aliphatic carbocycles. The summed E-state index contributed by atoms with van der Waals surface area (Å²) in [6.45, 7) is 1.56. The number of aromatic amines is 1. The molecule has 1 aromatic carbocycles. The zero-order valence-electron chi connectivity index (χ0n) is 13.4. The van der Waals surface area contributed by atoms with Gasteiger partial charge in [0, 0.05) is 25.2 Å². The standard InChI is InChI=1S/C18H17FN4OS/c19-13-5-3-12(4-6-13)15-10-17(22-21-15)23-8-7-14(11-23)20-18(24)16-2-1-9-25-16/h1-6,9-10,14H,7-8,11H2,(H,20,24)(H,21,22)/t14-/m1/s1. The van der Waals surface area contributed by atoms with Gasteiger partial charge in [-0.2, -0.15) is 5.10 Å². The van der Waals surface area contributed by atoms with Crippen molar-refractivity contribution in [3.05, 3.63) is 58.5 Å². The number of thiophene rings is 1. The summed E-state index contributed by atoms with van der Waals surface area (Å²) in [6.07, 6.45) is 0.885. The lowest BCUT2D eigenvalue weighted by molar-refractivity contribution is 0.0944. The number of nitrogens with one attached hydrogen (secondary N) is 2. The van der Waals surface area contributed by atoms with Crippen LogP contribution in [0.5, 0.6) is 0 Å². The van der Waals surface area contributed by atoms with Crippen LogP contribution < -0.4 is 10.2 Å². The Morgan fingerprint density at radius 3 is 2.92 bits per heavy atom. The smallest absolute Gasteiger partial charge is 0.261 e. The number of anilines is 1. The van der Waals surface area contributed by atoms with Gasteiger partial charge in [0.1, 0.15) is 5.82 Å². The van der Waals surface area contributed by atoms with Crippen LogP contribution in [0.4, 0.5) is 10.2 Å². The van der Waals surface area contributed by atoms with Crippen molar-refractivity contribution in [2.45, 2.75) is 12.5 Å². The van der Waals surface area contributed by atoms with Crippen molar-refractivity contribution in [3.8, 4) is 11.3 Å². The molecule has 0 bridgehead atoms. The molecule has 25 heavy (non-hydrogen) atoms. The lowest BCUT2D eigenvalue weighted by atomic mass is 10.1. The molecule has 3 aromatic rings. The zero-order chi connectivity index (χ0) is 17.2. The van der Waals surface area contributed by atoms with E-state index in [1.165, 1.54) is 23.5 Å². The van der Waals surface area contributed by atoms with E-state index in [4.69, 9.17) is 0 Å². The van der Waals surface area contributed by atoms with Gasteiger partial charge in [-0.3, -0.25) is 9.89 Å². The number of rotatable bonds is 4. The molecule has 0 saturated carbocycles. The molecule has 7 heteroatoms. The predicted molar refractivity (Wildman–Crippen MR) is 96.4 cm³/mol. The van der Waals surface area contributed by atoms with Crippen molar-refractivity contribution in [1.82, 2.24) is 15.5 Å². The van der Waals surface area contributed by atoms with Crippen LogP contribution in [-0.2, 0) is 0 Å². The van der Waals surface area contributed by atoms with Gasteiger partial charge in [0.15, 0.2) is 5.82 Å². The number of nitrogens with zero attached hydrogens (tertiary/aromatic N) is 2. The van der Waals surface area contributed by atoms with E-state index in [0.29, 0.717) is 0 Å². The Bertz CT molecular complexity index is 860. The monoisotopic (exact) mass is 356 g/mol. The minimum absolute atomic E-state index is 0.0177. The molecule has 1 amide bonds. The number of carbonyl (C=O) groups excluding carboxylic acids is 1. The highest BCUT2D eigenvalue weighted by Gasteiger charge is 2.26. The van der Waals surface area contributed by atoms with Crippen molar-refractivity contribution in [2.75, 3.05) is 18.0 Å². The van der Waals surface area contributed by atoms with Gasteiger partial charge in [-0.25, -0.2) is 4.39 Å². The third kappa shape index (κ3) is 3.41. The second kappa shape index (κ2) is 6.68. The summed E-state index contributed by atoms with van der Waals surface area (Å²) in [4.78, 5) is 15.0. The molecule has 4 rings (SSSR count). The number of aromatic nitrogens is 2. The first-order valence-corrected chi connectivity index (χ1v) is 8.98. The minimum Gasteiger partial charge on any atom is -0.353 e. The average molecular weight is 356 g/mol. The van der Waals surface area contributed by atoms with Gasteiger partial charge < -0.3 is 10.2 Å². The molecule has 0 unspecified atom stereocenters. The van der Waals surface area contributed by atoms with E-state index in [-0.39, 0.29) is 17.8 Å². The van der Waals surface area contributed by atoms with Crippen LogP contribution in [-0.4, -0.2) is 35.2 Å². The van der Waals surface area contributed by atoms with E-state index in [1.807, 2.05) is 23.6 Å². The summed E-state index contributed by atoms with van der Waals surface area (Å²) in [5, 5.41) is 12.3. The number of carbonyl (C=O) groups is 1. The fourth-order valence-corrected chi connectivity index (χ4v) is 3.63. The third-order valence-electron chi connectivity index (χ3n) is 4.31. The molecular formula is C18H17FN4OS. The molecule has 2 aromatic heterocycles. The Morgan fingerprint density at radius 2 is 2.16 bits per heavy atom. The van der Waals surface area contributed by atoms with E-state index in [2.05, 4.69) is 20.4 Å². The highest BCUT2D eigenvalue weighted by Crippen LogP contribution is 2.24. The molecule has 2 N–H and O–H groups in total. The quantitative estimate of drug-likeness (QED) is 0.754. The highest BCUT2D eigenvalue weighted by atomic mass is 32.1. The van der Waals surface area contributed by atoms with Crippen LogP contribution in [0.25, 0.3) is 11.3 Å². The number of hydrogen-bond acceptors (Lipinski definition) is 4. The molecule has 1 saturated heterocycles. The van der Waals surface area contributed by atoms with Gasteiger partial charge in [0.25, 0.3) is 5.91 Å². The summed E-state index contributed by atoms with van der Waals surface area (Å²) in [7, 11) is 0. The molecule has 1 aliphatic heterocycles. The van der Waals surface area contributed by atoms with E-state index >= 15 is 0 Å². The number of halogens is 1. The lowest BCUT2D eigenvalue weighted by Crippen LogP contribution is -2.36. The second-order valence-electron chi connectivity index (χ2n) is 6.03. The Hall–Kier alpha value is -2.67. The van der Waals surface area contributed by atoms with E-state index in [9.17, 15) is 9.18 Å². The SMILES string of the molecule is O=C(N[C@@H]1CCN(c2cc(-c3ccc(F)cc3)[nH]n2)C1)c1cccs1. The van der Waals surface area contributed by atoms with Crippen molar-refractivity contribution < 1.29 is 9.18 Å². The lowest BCUT2D eigenvalue weighted by Gasteiger charge is -2.15.